The van der Waals surface area contributed by atoms with Crippen LogP contribution in [0.25, 0.3) is 0 Å². The standard InChI is InChI=1S/C17H21NO2S/c1-4-14-11(2)10-15(21-14)12(3)18-17(20)16(19)13-8-6-5-7-9-13/h5-10,12,16,19H,4H2,1-3H3,(H,18,20)/t12?,16-/m0/s1. The molecule has 2 aromatic rings. The van der Waals surface area contributed by atoms with Gasteiger partial charge in [-0.2, -0.15) is 0 Å². The lowest BCUT2D eigenvalue weighted by Gasteiger charge is -2.16. The van der Waals surface area contributed by atoms with Crippen molar-refractivity contribution < 1.29 is 9.90 Å². The predicted octanol–water partition coefficient (Wildman–Crippen LogP) is 3.53. The highest BCUT2D eigenvalue weighted by atomic mass is 32.1. The molecule has 112 valence electrons. The summed E-state index contributed by atoms with van der Waals surface area (Å²) in [7, 11) is 0. The van der Waals surface area contributed by atoms with Crippen LogP contribution in [0, 0.1) is 6.92 Å². The fraction of sp³-hybridized carbons (Fsp3) is 0.353. The number of rotatable bonds is 5. The van der Waals surface area contributed by atoms with Crippen molar-refractivity contribution in [1.29, 1.82) is 0 Å². The Bertz CT molecular complexity index is 607. The lowest BCUT2D eigenvalue weighted by Crippen LogP contribution is -2.31. The van der Waals surface area contributed by atoms with Gasteiger partial charge in [-0.3, -0.25) is 4.79 Å². The molecule has 0 spiro atoms. The molecule has 0 saturated heterocycles. The lowest BCUT2D eigenvalue weighted by atomic mass is 10.1. The molecule has 0 aliphatic rings. The molecule has 1 aromatic carbocycles. The van der Waals surface area contributed by atoms with Gasteiger partial charge in [-0.25, -0.2) is 0 Å². The Morgan fingerprint density at radius 3 is 2.57 bits per heavy atom. The molecule has 4 heteroatoms. The van der Waals surface area contributed by atoms with E-state index in [1.807, 2.05) is 25.1 Å². The Morgan fingerprint density at radius 2 is 2.00 bits per heavy atom. The van der Waals surface area contributed by atoms with E-state index >= 15 is 0 Å². The van der Waals surface area contributed by atoms with Crippen LogP contribution in [0.5, 0.6) is 0 Å². The minimum atomic E-state index is -1.12. The van der Waals surface area contributed by atoms with Gasteiger partial charge < -0.3 is 10.4 Å². The van der Waals surface area contributed by atoms with Gasteiger partial charge in [-0.15, -0.1) is 11.3 Å². The van der Waals surface area contributed by atoms with Crippen molar-refractivity contribution in [3.8, 4) is 0 Å². The first-order valence-electron chi connectivity index (χ1n) is 7.15. The number of thiophene rings is 1. The summed E-state index contributed by atoms with van der Waals surface area (Å²) in [6.07, 6.45) is -0.121. The highest BCUT2D eigenvalue weighted by Crippen LogP contribution is 2.28. The van der Waals surface area contributed by atoms with Crippen LogP contribution in [0.2, 0.25) is 0 Å². The predicted molar refractivity (Wildman–Crippen MR) is 86.4 cm³/mol. The Morgan fingerprint density at radius 1 is 1.33 bits per heavy atom. The number of hydrogen-bond acceptors (Lipinski definition) is 3. The molecular formula is C17H21NO2S. The molecular weight excluding hydrogens is 282 g/mol. The van der Waals surface area contributed by atoms with E-state index in [0.717, 1.165) is 11.3 Å². The first-order chi connectivity index (χ1) is 10.0. The maximum Gasteiger partial charge on any atom is 0.253 e. The number of benzene rings is 1. The summed E-state index contributed by atoms with van der Waals surface area (Å²) in [6.45, 7) is 6.16. The molecule has 0 aliphatic carbocycles. The van der Waals surface area contributed by atoms with Crippen molar-refractivity contribution in [3.05, 3.63) is 57.3 Å². The van der Waals surface area contributed by atoms with Crippen LogP contribution < -0.4 is 5.32 Å². The summed E-state index contributed by atoms with van der Waals surface area (Å²) in [4.78, 5) is 14.6. The second kappa shape index (κ2) is 6.87. The van der Waals surface area contributed by atoms with E-state index in [9.17, 15) is 9.90 Å². The molecule has 1 amide bonds. The monoisotopic (exact) mass is 303 g/mol. The molecule has 1 heterocycles. The average molecular weight is 303 g/mol. The third-order valence-corrected chi connectivity index (χ3v) is 5.07. The van der Waals surface area contributed by atoms with Gasteiger partial charge in [0.05, 0.1) is 6.04 Å². The zero-order valence-corrected chi connectivity index (χ0v) is 13.4. The zero-order valence-electron chi connectivity index (χ0n) is 12.6. The molecule has 0 aliphatic heterocycles. The summed E-state index contributed by atoms with van der Waals surface area (Å²) in [5, 5.41) is 13.0. The third-order valence-electron chi connectivity index (χ3n) is 3.51. The Kier molecular flexibility index (Phi) is 5.15. The molecule has 2 rings (SSSR count). The highest BCUT2D eigenvalue weighted by Gasteiger charge is 2.20. The fourth-order valence-corrected chi connectivity index (χ4v) is 3.38. The number of amides is 1. The summed E-state index contributed by atoms with van der Waals surface area (Å²) in [6, 6.07) is 11.0. The van der Waals surface area contributed by atoms with Crippen LogP contribution in [-0.2, 0) is 11.2 Å². The summed E-state index contributed by atoms with van der Waals surface area (Å²) in [5.74, 6) is -0.363. The number of carbonyl (C=O) groups excluding carboxylic acids is 1. The molecule has 1 aromatic heterocycles. The minimum absolute atomic E-state index is 0.0973. The van der Waals surface area contributed by atoms with Gasteiger partial charge >= 0.3 is 0 Å². The van der Waals surface area contributed by atoms with Gasteiger partial charge in [0, 0.05) is 9.75 Å². The van der Waals surface area contributed by atoms with Crippen molar-refractivity contribution >= 4 is 17.2 Å². The van der Waals surface area contributed by atoms with Crippen LogP contribution in [-0.4, -0.2) is 11.0 Å². The molecule has 21 heavy (non-hydrogen) atoms. The van der Waals surface area contributed by atoms with Crippen molar-refractivity contribution in [3.63, 3.8) is 0 Å². The van der Waals surface area contributed by atoms with E-state index in [1.165, 1.54) is 10.4 Å². The van der Waals surface area contributed by atoms with Crippen molar-refractivity contribution in [2.24, 2.45) is 0 Å². The summed E-state index contributed by atoms with van der Waals surface area (Å²) < 4.78 is 0. The van der Waals surface area contributed by atoms with Gasteiger partial charge in [0.25, 0.3) is 5.91 Å². The normalized spacial score (nSPS) is 13.7. The van der Waals surface area contributed by atoms with E-state index in [1.54, 1.807) is 23.5 Å². The van der Waals surface area contributed by atoms with Crippen LogP contribution in [0.4, 0.5) is 0 Å². The molecule has 0 bridgehead atoms. The van der Waals surface area contributed by atoms with E-state index in [2.05, 4.69) is 25.2 Å². The fourth-order valence-electron chi connectivity index (χ4n) is 2.26. The van der Waals surface area contributed by atoms with Crippen molar-refractivity contribution in [2.75, 3.05) is 0 Å². The number of aliphatic hydroxyl groups is 1. The minimum Gasteiger partial charge on any atom is -0.378 e. The number of nitrogens with one attached hydrogen (secondary N) is 1. The Hall–Kier alpha value is -1.65. The topological polar surface area (TPSA) is 49.3 Å². The second-order valence-electron chi connectivity index (χ2n) is 5.15. The molecule has 2 atom stereocenters. The SMILES string of the molecule is CCc1sc(C(C)NC(=O)[C@@H](O)c2ccccc2)cc1C. The maximum absolute atomic E-state index is 12.1. The van der Waals surface area contributed by atoms with Gasteiger partial charge in [0.1, 0.15) is 0 Å². The van der Waals surface area contributed by atoms with E-state index in [4.69, 9.17) is 0 Å². The Balaban J connectivity index is 2.04. The van der Waals surface area contributed by atoms with Gasteiger partial charge in [0.2, 0.25) is 0 Å². The molecule has 1 unspecified atom stereocenters. The lowest BCUT2D eigenvalue weighted by molar-refractivity contribution is -0.130. The first kappa shape index (κ1) is 15.7. The average Bonchev–Trinajstić information content (AvgIpc) is 2.88. The summed E-state index contributed by atoms with van der Waals surface area (Å²) in [5.41, 5.74) is 1.88. The van der Waals surface area contributed by atoms with Crippen molar-refractivity contribution in [2.45, 2.75) is 39.3 Å². The highest BCUT2D eigenvalue weighted by molar-refractivity contribution is 7.12. The van der Waals surface area contributed by atoms with Crippen LogP contribution in [0.15, 0.2) is 36.4 Å². The first-order valence-corrected chi connectivity index (χ1v) is 7.97. The molecule has 3 nitrogen and oxygen atoms in total. The quantitative estimate of drug-likeness (QED) is 0.887. The smallest absolute Gasteiger partial charge is 0.253 e. The van der Waals surface area contributed by atoms with Crippen molar-refractivity contribution in [1.82, 2.24) is 5.32 Å². The van der Waals surface area contributed by atoms with E-state index < -0.39 is 6.10 Å². The number of hydrogen-bond donors (Lipinski definition) is 2. The van der Waals surface area contributed by atoms with E-state index in [0.29, 0.717) is 5.56 Å². The number of carbonyl (C=O) groups is 1. The molecule has 0 saturated carbocycles. The van der Waals surface area contributed by atoms with Crippen LogP contribution in [0.3, 0.4) is 0 Å². The number of aryl methyl sites for hydroxylation is 2. The zero-order chi connectivity index (χ0) is 15.4. The van der Waals surface area contributed by atoms with Crippen LogP contribution in [0.1, 0.15) is 46.9 Å². The van der Waals surface area contributed by atoms with Gasteiger partial charge in [-0.05, 0) is 37.5 Å². The van der Waals surface area contributed by atoms with E-state index in [-0.39, 0.29) is 11.9 Å². The number of aliphatic hydroxyl groups excluding tert-OH is 1. The van der Waals surface area contributed by atoms with Crippen LogP contribution >= 0.6 is 11.3 Å². The maximum atomic E-state index is 12.1. The summed E-state index contributed by atoms with van der Waals surface area (Å²) >= 11 is 1.72. The third kappa shape index (κ3) is 3.71. The van der Waals surface area contributed by atoms with Gasteiger partial charge in [-0.1, -0.05) is 37.3 Å². The molecule has 2 N–H and O–H groups in total. The van der Waals surface area contributed by atoms with Gasteiger partial charge in [0.15, 0.2) is 6.10 Å². The second-order valence-corrected chi connectivity index (χ2v) is 6.32. The largest absolute Gasteiger partial charge is 0.378 e. The molecule has 0 radical (unpaired) electrons. The molecule has 0 fully saturated rings. The Labute approximate surface area is 129 Å².